The third-order valence-electron chi connectivity index (χ3n) is 2.17. The molecule has 1 N–H and O–H groups in total. The van der Waals surface area contributed by atoms with Crippen molar-refractivity contribution in [3.63, 3.8) is 0 Å². The molecule has 64 valence electrons. The van der Waals surface area contributed by atoms with Gasteiger partial charge >= 0.3 is 0 Å². The zero-order chi connectivity index (χ0) is 9.07. The molecule has 0 aliphatic carbocycles. The smallest absolute Gasteiger partial charge is 0.103 e. The van der Waals surface area contributed by atoms with E-state index in [0.717, 1.165) is 0 Å². The highest BCUT2D eigenvalue weighted by Gasteiger charge is 2.27. The van der Waals surface area contributed by atoms with E-state index in [1.165, 1.54) is 0 Å². The molecule has 0 saturated carbocycles. The third kappa shape index (κ3) is 2.21. The molecule has 0 saturated heterocycles. The van der Waals surface area contributed by atoms with Crippen LogP contribution >= 0.6 is 0 Å². The average Bonchev–Trinajstić information content (AvgIpc) is 2.01. The Morgan fingerprint density at radius 2 is 2.09 bits per heavy atom. The van der Waals surface area contributed by atoms with Gasteiger partial charge in [-0.1, -0.05) is 5.92 Å². The number of aliphatic hydroxyl groups is 1. The van der Waals surface area contributed by atoms with Crippen molar-refractivity contribution >= 4 is 0 Å². The molecule has 0 aromatic rings. The molecule has 0 aliphatic heterocycles. The van der Waals surface area contributed by atoms with E-state index in [2.05, 4.69) is 5.92 Å². The van der Waals surface area contributed by atoms with Crippen molar-refractivity contribution < 1.29 is 5.11 Å². The number of nitrogens with zero attached hydrogens (tertiary/aromatic N) is 1. The number of aliphatic hydroxyl groups excluding tert-OH is 1. The average molecular weight is 155 g/mol. The summed E-state index contributed by atoms with van der Waals surface area (Å²) in [5, 5.41) is 9.02. The molecule has 0 fully saturated rings. The molecular weight excluding hydrogens is 138 g/mol. The Labute approximate surface area is 69.2 Å². The van der Waals surface area contributed by atoms with Crippen molar-refractivity contribution in [1.29, 1.82) is 0 Å². The molecule has 0 bridgehead atoms. The monoisotopic (exact) mass is 155 g/mol. The number of likely N-dealkylation sites (N-methyl/N-ethyl adjacent to an activating group) is 1. The van der Waals surface area contributed by atoms with Crippen LogP contribution < -0.4 is 0 Å². The summed E-state index contributed by atoms with van der Waals surface area (Å²) >= 11 is 0. The molecule has 1 unspecified atom stereocenters. The van der Waals surface area contributed by atoms with E-state index < -0.39 is 5.54 Å². The Morgan fingerprint density at radius 1 is 1.64 bits per heavy atom. The second-order valence-electron chi connectivity index (χ2n) is 3.28. The van der Waals surface area contributed by atoms with E-state index in [0.29, 0.717) is 6.04 Å². The van der Waals surface area contributed by atoms with Crippen LogP contribution in [0.3, 0.4) is 0 Å². The zero-order valence-electron chi connectivity index (χ0n) is 7.76. The molecule has 0 aromatic carbocycles. The summed E-state index contributed by atoms with van der Waals surface area (Å²) in [6.45, 7) is 5.95. The third-order valence-corrected chi connectivity index (χ3v) is 2.17. The molecule has 2 nitrogen and oxygen atoms in total. The van der Waals surface area contributed by atoms with Crippen molar-refractivity contribution in [2.75, 3.05) is 13.7 Å². The van der Waals surface area contributed by atoms with Crippen LogP contribution in [0.2, 0.25) is 0 Å². The predicted octanol–water partition coefficient (Wildman–Crippen LogP) is 0.711. The Kier molecular flexibility index (Phi) is 3.57. The number of rotatable bonds is 3. The first kappa shape index (κ1) is 10.5. The summed E-state index contributed by atoms with van der Waals surface area (Å²) in [5.74, 6) is 2.59. The molecule has 11 heavy (non-hydrogen) atoms. The van der Waals surface area contributed by atoms with Crippen molar-refractivity contribution in [3.05, 3.63) is 0 Å². The van der Waals surface area contributed by atoms with E-state index >= 15 is 0 Å². The maximum Gasteiger partial charge on any atom is 0.103 e. The fourth-order valence-electron chi connectivity index (χ4n) is 0.829. The van der Waals surface area contributed by atoms with Crippen LogP contribution in [0.1, 0.15) is 20.8 Å². The molecule has 2 heteroatoms. The number of terminal acetylenes is 1. The van der Waals surface area contributed by atoms with Crippen molar-refractivity contribution in [1.82, 2.24) is 4.90 Å². The Morgan fingerprint density at radius 3 is 2.18 bits per heavy atom. The van der Waals surface area contributed by atoms with Gasteiger partial charge < -0.3 is 5.11 Å². The van der Waals surface area contributed by atoms with Crippen molar-refractivity contribution in [2.24, 2.45) is 0 Å². The lowest BCUT2D eigenvalue weighted by molar-refractivity contribution is 0.0854. The summed E-state index contributed by atoms with van der Waals surface area (Å²) in [7, 11) is 1.92. The SMILES string of the molecule is C#CC(C)(CO)N(C)C(C)C. The molecule has 0 amide bonds. The second kappa shape index (κ2) is 3.75. The van der Waals surface area contributed by atoms with Gasteiger partial charge in [-0.3, -0.25) is 4.90 Å². The summed E-state index contributed by atoms with van der Waals surface area (Å²) in [6, 6.07) is 0.350. The van der Waals surface area contributed by atoms with Gasteiger partial charge in [-0.2, -0.15) is 0 Å². The molecule has 0 aliphatic rings. The zero-order valence-corrected chi connectivity index (χ0v) is 7.76. The number of hydrogen-bond acceptors (Lipinski definition) is 2. The minimum absolute atomic E-state index is 0.00181. The molecule has 0 rings (SSSR count). The molecule has 0 heterocycles. The summed E-state index contributed by atoms with van der Waals surface area (Å²) < 4.78 is 0. The summed E-state index contributed by atoms with van der Waals surface area (Å²) in [6.07, 6.45) is 5.30. The first-order valence-electron chi connectivity index (χ1n) is 3.79. The quantitative estimate of drug-likeness (QED) is 0.607. The van der Waals surface area contributed by atoms with Gasteiger partial charge in [0.05, 0.1) is 6.61 Å². The Bertz CT molecular complexity index is 159. The van der Waals surface area contributed by atoms with E-state index in [-0.39, 0.29) is 6.61 Å². The van der Waals surface area contributed by atoms with Gasteiger partial charge in [0, 0.05) is 6.04 Å². The van der Waals surface area contributed by atoms with Crippen LogP contribution in [0.5, 0.6) is 0 Å². The highest BCUT2D eigenvalue weighted by atomic mass is 16.3. The van der Waals surface area contributed by atoms with Gasteiger partial charge in [-0.15, -0.1) is 6.42 Å². The molecule has 1 atom stereocenters. The lowest BCUT2D eigenvalue weighted by atomic mass is 10.0. The fourth-order valence-corrected chi connectivity index (χ4v) is 0.829. The van der Waals surface area contributed by atoms with Crippen molar-refractivity contribution in [3.8, 4) is 12.3 Å². The topological polar surface area (TPSA) is 23.5 Å². The molecular formula is C9H17NO. The Balaban J connectivity index is 4.40. The fraction of sp³-hybridized carbons (Fsp3) is 0.778. The van der Waals surface area contributed by atoms with E-state index in [1.807, 2.05) is 32.7 Å². The van der Waals surface area contributed by atoms with Crippen LogP contribution in [0.15, 0.2) is 0 Å². The first-order valence-corrected chi connectivity index (χ1v) is 3.79. The van der Waals surface area contributed by atoms with Gasteiger partial charge in [0.15, 0.2) is 0 Å². The second-order valence-corrected chi connectivity index (χ2v) is 3.28. The standard InChI is InChI=1S/C9H17NO/c1-6-9(4,7-11)10(5)8(2)3/h1,8,11H,7H2,2-5H3. The van der Waals surface area contributed by atoms with Crippen LogP contribution in [-0.2, 0) is 0 Å². The van der Waals surface area contributed by atoms with Gasteiger partial charge in [0.1, 0.15) is 5.54 Å². The van der Waals surface area contributed by atoms with E-state index in [9.17, 15) is 0 Å². The first-order chi connectivity index (χ1) is 4.98. The molecule has 0 spiro atoms. The highest BCUT2D eigenvalue weighted by molar-refractivity contribution is 5.11. The minimum Gasteiger partial charge on any atom is -0.393 e. The van der Waals surface area contributed by atoms with Crippen LogP contribution in [0.4, 0.5) is 0 Å². The van der Waals surface area contributed by atoms with Gasteiger partial charge in [0.25, 0.3) is 0 Å². The van der Waals surface area contributed by atoms with Gasteiger partial charge in [0.2, 0.25) is 0 Å². The normalized spacial score (nSPS) is 16.5. The lowest BCUT2D eigenvalue weighted by Crippen LogP contribution is -2.49. The van der Waals surface area contributed by atoms with Gasteiger partial charge in [-0.05, 0) is 27.8 Å². The largest absolute Gasteiger partial charge is 0.393 e. The van der Waals surface area contributed by atoms with Crippen LogP contribution in [0.25, 0.3) is 0 Å². The summed E-state index contributed by atoms with van der Waals surface area (Å²) in [5.41, 5.74) is -0.520. The molecule has 0 radical (unpaired) electrons. The maximum atomic E-state index is 9.02. The van der Waals surface area contributed by atoms with E-state index in [4.69, 9.17) is 11.5 Å². The molecule has 0 aromatic heterocycles. The number of hydrogen-bond donors (Lipinski definition) is 1. The van der Waals surface area contributed by atoms with Gasteiger partial charge in [-0.25, -0.2) is 0 Å². The van der Waals surface area contributed by atoms with E-state index in [1.54, 1.807) is 0 Å². The van der Waals surface area contributed by atoms with Crippen LogP contribution in [0, 0.1) is 12.3 Å². The van der Waals surface area contributed by atoms with Crippen molar-refractivity contribution in [2.45, 2.75) is 32.4 Å². The maximum absolute atomic E-state index is 9.02. The Hall–Kier alpha value is -0.520. The minimum atomic E-state index is -0.520. The summed E-state index contributed by atoms with van der Waals surface area (Å²) in [4.78, 5) is 1.98. The highest BCUT2D eigenvalue weighted by Crippen LogP contribution is 2.13. The van der Waals surface area contributed by atoms with Crippen LogP contribution in [-0.4, -0.2) is 35.2 Å². The lowest BCUT2D eigenvalue weighted by Gasteiger charge is -2.35. The predicted molar refractivity (Wildman–Crippen MR) is 47.2 cm³/mol.